The van der Waals surface area contributed by atoms with Gasteiger partial charge in [-0.15, -0.1) is 0 Å². The van der Waals surface area contributed by atoms with E-state index in [-0.39, 0.29) is 24.0 Å². The van der Waals surface area contributed by atoms with Gasteiger partial charge < -0.3 is 10.1 Å². The first kappa shape index (κ1) is 23.6. The van der Waals surface area contributed by atoms with Crippen molar-refractivity contribution in [1.82, 2.24) is 14.6 Å². The molecule has 0 fully saturated rings. The van der Waals surface area contributed by atoms with Crippen molar-refractivity contribution in [3.8, 4) is 5.75 Å². The summed E-state index contributed by atoms with van der Waals surface area (Å²) in [6, 6.07) is 18.4. The van der Waals surface area contributed by atoms with Crippen LogP contribution in [0.3, 0.4) is 0 Å². The Kier molecular flexibility index (Phi) is 7.37. The van der Waals surface area contributed by atoms with Gasteiger partial charge in [0, 0.05) is 24.2 Å². The number of hydrogen-bond donors (Lipinski definition) is 1. The molecule has 0 saturated carbocycles. The number of aromatic nitrogens is 3. The maximum absolute atomic E-state index is 12.9. The predicted molar refractivity (Wildman–Crippen MR) is 135 cm³/mol. The predicted octanol–water partition coefficient (Wildman–Crippen LogP) is 5.06. The van der Waals surface area contributed by atoms with Crippen molar-refractivity contribution < 1.29 is 9.53 Å². The van der Waals surface area contributed by atoms with Gasteiger partial charge in [0.1, 0.15) is 17.4 Å². The lowest BCUT2D eigenvalue weighted by atomic mass is 9.95. The fourth-order valence-corrected chi connectivity index (χ4v) is 4.84. The molecule has 34 heavy (non-hydrogen) atoms. The molecule has 2 aromatic carbocycles. The molecule has 1 unspecified atom stereocenters. The second-order valence-corrected chi connectivity index (χ2v) is 9.59. The SMILES string of the molecule is CCC(C(=O)Nc1cccc(OCc2cc(=O)n3nc(CC(C)C)sc3n2)c1)c1ccccc1. The molecule has 176 valence electrons. The standard InChI is InChI=1S/C26H28N4O3S/c1-4-22(18-9-6-5-7-10-18)25(32)27-19-11-8-12-21(14-19)33-16-20-15-24(31)30-26(28-20)34-23(29-30)13-17(2)3/h5-12,14-15,17,22H,4,13,16H2,1-3H3,(H,27,32). The number of nitrogens with zero attached hydrogens (tertiary/aromatic N) is 3. The zero-order valence-electron chi connectivity index (χ0n) is 19.5. The van der Waals surface area contributed by atoms with Crippen LogP contribution in [0.1, 0.15) is 49.4 Å². The van der Waals surface area contributed by atoms with E-state index in [0.29, 0.717) is 34.4 Å². The van der Waals surface area contributed by atoms with E-state index in [4.69, 9.17) is 4.74 Å². The van der Waals surface area contributed by atoms with Gasteiger partial charge in [-0.1, -0.05) is 68.5 Å². The Hall–Kier alpha value is -3.52. The molecule has 2 heterocycles. The minimum atomic E-state index is -0.227. The molecule has 0 spiro atoms. The van der Waals surface area contributed by atoms with Crippen LogP contribution in [-0.2, 0) is 17.8 Å². The lowest BCUT2D eigenvalue weighted by Crippen LogP contribution is -2.20. The van der Waals surface area contributed by atoms with Gasteiger partial charge in [-0.3, -0.25) is 9.59 Å². The van der Waals surface area contributed by atoms with Crippen LogP contribution in [0.5, 0.6) is 5.75 Å². The summed E-state index contributed by atoms with van der Waals surface area (Å²) in [7, 11) is 0. The number of fused-ring (bicyclic) bond motifs is 1. The van der Waals surface area contributed by atoms with Crippen molar-refractivity contribution in [3.63, 3.8) is 0 Å². The maximum Gasteiger partial charge on any atom is 0.275 e. The van der Waals surface area contributed by atoms with Crippen LogP contribution in [0.15, 0.2) is 65.5 Å². The fourth-order valence-electron chi connectivity index (χ4n) is 3.71. The van der Waals surface area contributed by atoms with Gasteiger partial charge in [0.15, 0.2) is 0 Å². The third kappa shape index (κ3) is 5.69. The number of ether oxygens (including phenoxy) is 1. The minimum Gasteiger partial charge on any atom is -0.487 e. The first-order chi connectivity index (χ1) is 16.4. The van der Waals surface area contributed by atoms with Crippen molar-refractivity contribution in [2.24, 2.45) is 5.92 Å². The van der Waals surface area contributed by atoms with Gasteiger partial charge >= 0.3 is 0 Å². The van der Waals surface area contributed by atoms with Crippen molar-refractivity contribution in [3.05, 3.63) is 87.3 Å². The number of hydrogen-bond acceptors (Lipinski definition) is 6. The van der Waals surface area contributed by atoms with Crippen molar-refractivity contribution in [1.29, 1.82) is 0 Å². The Morgan fingerprint density at radius 1 is 1.12 bits per heavy atom. The molecule has 1 atom stereocenters. The first-order valence-electron chi connectivity index (χ1n) is 11.4. The number of amides is 1. The lowest BCUT2D eigenvalue weighted by Gasteiger charge is -2.16. The first-order valence-corrected chi connectivity index (χ1v) is 12.2. The van der Waals surface area contributed by atoms with Gasteiger partial charge in [0.25, 0.3) is 5.56 Å². The Bertz CT molecular complexity index is 1330. The average Bonchev–Trinajstić information content (AvgIpc) is 3.21. The van der Waals surface area contributed by atoms with Gasteiger partial charge in [-0.2, -0.15) is 9.61 Å². The highest BCUT2D eigenvalue weighted by Gasteiger charge is 2.18. The highest BCUT2D eigenvalue weighted by Crippen LogP contribution is 2.24. The van der Waals surface area contributed by atoms with Crippen LogP contribution in [0.2, 0.25) is 0 Å². The number of anilines is 1. The number of benzene rings is 2. The monoisotopic (exact) mass is 476 g/mol. The third-order valence-electron chi connectivity index (χ3n) is 5.34. The zero-order valence-corrected chi connectivity index (χ0v) is 20.3. The molecule has 4 aromatic rings. The van der Waals surface area contributed by atoms with Crippen LogP contribution in [-0.4, -0.2) is 20.5 Å². The molecule has 0 radical (unpaired) electrons. The minimum absolute atomic E-state index is 0.0617. The summed E-state index contributed by atoms with van der Waals surface area (Å²) in [6.07, 6.45) is 1.51. The number of carbonyl (C=O) groups is 1. The fraction of sp³-hybridized carbons (Fsp3) is 0.308. The van der Waals surface area contributed by atoms with E-state index in [0.717, 1.165) is 17.0 Å². The van der Waals surface area contributed by atoms with Crippen LogP contribution in [0.4, 0.5) is 5.69 Å². The summed E-state index contributed by atoms with van der Waals surface area (Å²) >= 11 is 1.43. The summed E-state index contributed by atoms with van der Waals surface area (Å²) in [5.41, 5.74) is 1.96. The Labute approximate surface area is 202 Å². The Morgan fingerprint density at radius 2 is 1.91 bits per heavy atom. The van der Waals surface area contributed by atoms with Crippen LogP contribution in [0.25, 0.3) is 4.96 Å². The molecular weight excluding hydrogens is 448 g/mol. The molecule has 0 aliphatic heterocycles. The maximum atomic E-state index is 12.9. The largest absolute Gasteiger partial charge is 0.487 e. The topological polar surface area (TPSA) is 85.6 Å². The second kappa shape index (κ2) is 10.6. The van der Waals surface area contributed by atoms with E-state index in [2.05, 4.69) is 29.2 Å². The molecule has 0 saturated heterocycles. The number of nitrogens with one attached hydrogen (secondary N) is 1. The van der Waals surface area contributed by atoms with Crippen molar-refractivity contribution in [2.45, 2.75) is 46.1 Å². The molecule has 0 aliphatic carbocycles. The summed E-state index contributed by atoms with van der Waals surface area (Å²) in [4.78, 5) is 30.4. The van der Waals surface area contributed by atoms with Gasteiger partial charge in [-0.05, 0) is 30.0 Å². The van der Waals surface area contributed by atoms with E-state index in [9.17, 15) is 9.59 Å². The van der Waals surface area contributed by atoms with E-state index < -0.39 is 0 Å². The number of rotatable bonds is 9. The normalized spacial score (nSPS) is 12.1. The number of carbonyl (C=O) groups excluding carboxylic acids is 1. The van der Waals surface area contributed by atoms with Crippen LogP contribution < -0.4 is 15.6 Å². The van der Waals surface area contributed by atoms with E-state index in [1.54, 1.807) is 6.07 Å². The summed E-state index contributed by atoms with van der Waals surface area (Å²) in [5.74, 6) is 0.743. The average molecular weight is 477 g/mol. The summed E-state index contributed by atoms with van der Waals surface area (Å²) in [5, 5.41) is 8.25. The Morgan fingerprint density at radius 3 is 2.65 bits per heavy atom. The highest BCUT2D eigenvalue weighted by atomic mass is 32.1. The van der Waals surface area contributed by atoms with Crippen molar-refractivity contribution in [2.75, 3.05) is 5.32 Å². The van der Waals surface area contributed by atoms with Crippen LogP contribution in [0, 0.1) is 5.92 Å². The zero-order chi connectivity index (χ0) is 24.1. The van der Waals surface area contributed by atoms with Gasteiger partial charge in [-0.25, -0.2) is 4.98 Å². The summed E-state index contributed by atoms with van der Waals surface area (Å²) < 4.78 is 7.23. The van der Waals surface area contributed by atoms with E-state index in [1.807, 2.05) is 55.5 Å². The molecule has 1 N–H and O–H groups in total. The smallest absolute Gasteiger partial charge is 0.275 e. The molecule has 4 rings (SSSR count). The molecule has 7 nitrogen and oxygen atoms in total. The molecule has 8 heteroatoms. The summed E-state index contributed by atoms with van der Waals surface area (Å²) in [6.45, 7) is 6.37. The van der Waals surface area contributed by atoms with Gasteiger partial charge in [0.05, 0.1) is 11.6 Å². The van der Waals surface area contributed by atoms with Gasteiger partial charge in [0.2, 0.25) is 10.9 Å². The third-order valence-corrected chi connectivity index (χ3v) is 6.27. The molecular formula is C26H28N4O3S. The van der Waals surface area contributed by atoms with E-state index >= 15 is 0 Å². The van der Waals surface area contributed by atoms with E-state index in [1.165, 1.54) is 21.9 Å². The molecule has 0 bridgehead atoms. The Balaban J connectivity index is 1.44. The van der Waals surface area contributed by atoms with Crippen LogP contribution >= 0.6 is 11.3 Å². The molecule has 0 aliphatic rings. The molecule has 1 amide bonds. The van der Waals surface area contributed by atoms with Crippen molar-refractivity contribution >= 4 is 27.9 Å². The molecule has 2 aromatic heterocycles. The second-order valence-electron chi connectivity index (χ2n) is 8.55. The highest BCUT2D eigenvalue weighted by molar-refractivity contribution is 7.16. The quantitative estimate of drug-likeness (QED) is 0.365. The lowest BCUT2D eigenvalue weighted by molar-refractivity contribution is -0.117.